The Kier molecular flexibility index (Phi) is 7.03. The first-order valence-corrected chi connectivity index (χ1v) is 11.5. The van der Waals surface area contributed by atoms with Gasteiger partial charge in [0.05, 0.1) is 10.8 Å². The second-order valence-corrected chi connectivity index (χ2v) is 9.38. The highest BCUT2D eigenvalue weighted by molar-refractivity contribution is 7.89. The molecule has 1 aliphatic rings. The zero-order valence-electron chi connectivity index (χ0n) is 16.6. The molecular formula is C22H27FN2O3S. The number of unbranched alkanes of at least 4 members (excludes halogenated alkanes) is 1. The number of piperidine rings is 1. The molecule has 1 N–H and O–H groups in total. The van der Waals surface area contributed by atoms with E-state index in [0.717, 1.165) is 31.4 Å². The number of rotatable bonds is 7. The van der Waals surface area contributed by atoms with E-state index in [-0.39, 0.29) is 17.3 Å². The third-order valence-corrected chi connectivity index (χ3v) is 7.13. The SMILES string of the molecule is CCCCc1ccc(NC(=O)[C@@H]2CCCN(S(=O)(=O)c3ccc(F)cc3)C2)cc1. The van der Waals surface area contributed by atoms with Crippen molar-refractivity contribution in [2.24, 2.45) is 5.92 Å². The minimum absolute atomic E-state index is 0.0441. The van der Waals surface area contributed by atoms with Crippen LogP contribution in [-0.2, 0) is 21.2 Å². The minimum Gasteiger partial charge on any atom is -0.326 e. The summed E-state index contributed by atoms with van der Waals surface area (Å²) in [5, 5.41) is 2.90. The zero-order valence-corrected chi connectivity index (χ0v) is 17.4. The van der Waals surface area contributed by atoms with Crippen molar-refractivity contribution in [3.05, 3.63) is 59.9 Å². The molecule has 0 saturated carbocycles. The predicted molar refractivity (Wildman–Crippen MR) is 112 cm³/mol. The van der Waals surface area contributed by atoms with Crippen LogP contribution in [0.2, 0.25) is 0 Å². The Hall–Kier alpha value is -2.25. The van der Waals surface area contributed by atoms with Gasteiger partial charge in [-0.3, -0.25) is 4.79 Å². The van der Waals surface area contributed by atoms with Crippen molar-refractivity contribution in [3.8, 4) is 0 Å². The van der Waals surface area contributed by atoms with Gasteiger partial charge in [-0.25, -0.2) is 12.8 Å². The Labute approximate surface area is 172 Å². The minimum atomic E-state index is -3.75. The molecule has 7 heteroatoms. The van der Waals surface area contributed by atoms with Crippen molar-refractivity contribution in [1.82, 2.24) is 4.31 Å². The monoisotopic (exact) mass is 418 g/mol. The van der Waals surface area contributed by atoms with Crippen molar-refractivity contribution < 1.29 is 17.6 Å². The molecule has 0 unspecified atom stereocenters. The normalized spacial score (nSPS) is 17.8. The van der Waals surface area contributed by atoms with Gasteiger partial charge >= 0.3 is 0 Å². The zero-order chi connectivity index (χ0) is 20.9. The topological polar surface area (TPSA) is 66.5 Å². The lowest BCUT2D eigenvalue weighted by molar-refractivity contribution is -0.120. The maximum atomic E-state index is 13.1. The summed E-state index contributed by atoms with van der Waals surface area (Å²) in [4.78, 5) is 12.7. The molecule has 1 saturated heterocycles. The van der Waals surface area contributed by atoms with Crippen molar-refractivity contribution >= 4 is 21.6 Å². The molecule has 1 heterocycles. The number of aryl methyl sites for hydroxylation is 1. The number of carbonyl (C=O) groups is 1. The van der Waals surface area contributed by atoms with E-state index < -0.39 is 21.8 Å². The van der Waals surface area contributed by atoms with E-state index in [1.54, 1.807) is 0 Å². The summed E-state index contributed by atoms with van der Waals surface area (Å²) >= 11 is 0. The highest BCUT2D eigenvalue weighted by atomic mass is 32.2. The molecule has 5 nitrogen and oxygen atoms in total. The van der Waals surface area contributed by atoms with Crippen molar-refractivity contribution in [2.75, 3.05) is 18.4 Å². The Balaban J connectivity index is 1.64. The number of anilines is 1. The van der Waals surface area contributed by atoms with Crippen LogP contribution in [-0.4, -0.2) is 31.7 Å². The van der Waals surface area contributed by atoms with Crippen LogP contribution >= 0.6 is 0 Å². The smallest absolute Gasteiger partial charge is 0.243 e. The van der Waals surface area contributed by atoms with Gasteiger partial charge < -0.3 is 5.32 Å². The summed E-state index contributed by atoms with van der Waals surface area (Å²) < 4.78 is 40.1. The van der Waals surface area contributed by atoms with E-state index in [4.69, 9.17) is 0 Å². The van der Waals surface area contributed by atoms with Crippen LogP contribution in [0.15, 0.2) is 53.4 Å². The molecule has 1 fully saturated rings. The lowest BCUT2D eigenvalue weighted by atomic mass is 9.98. The number of amides is 1. The van der Waals surface area contributed by atoms with Crippen LogP contribution in [0, 0.1) is 11.7 Å². The molecule has 2 aromatic carbocycles. The molecule has 29 heavy (non-hydrogen) atoms. The van der Waals surface area contributed by atoms with Gasteiger partial charge in [-0.15, -0.1) is 0 Å². The van der Waals surface area contributed by atoms with Crippen LogP contribution in [0.25, 0.3) is 0 Å². The molecule has 1 atom stereocenters. The molecule has 3 rings (SSSR count). The van der Waals surface area contributed by atoms with Gasteiger partial charge in [0.1, 0.15) is 5.82 Å². The van der Waals surface area contributed by atoms with Gasteiger partial charge in [0.25, 0.3) is 0 Å². The molecule has 0 aromatic heterocycles. The van der Waals surface area contributed by atoms with Gasteiger partial charge in [-0.05, 0) is 67.6 Å². The summed E-state index contributed by atoms with van der Waals surface area (Å²) in [7, 11) is -3.75. The number of nitrogens with zero attached hydrogens (tertiary/aromatic N) is 1. The van der Waals surface area contributed by atoms with E-state index in [0.29, 0.717) is 25.1 Å². The molecule has 0 aliphatic carbocycles. The molecular weight excluding hydrogens is 391 g/mol. The molecule has 1 aliphatic heterocycles. The summed E-state index contributed by atoms with van der Waals surface area (Å²) in [6.07, 6.45) is 4.53. The number of halogens is 1. The third kappa shape index (κ3) is 5.42. The van der Waals surface area contributed by atoms with Crippen LogP contribution < -0.4 is 5.32 Å². The fourth-order valence-corrected chi connectivity index (χ4v) is 5.03. The summed E-state index contributed by atoms with van der Waals surface area (Å²) in [5.74, 6) is -1.08. The number of hydrogen-bond acceptors (Lipinski definition) is 3. The number of carbonyl (C=O) groups excluding carboxylic acids is 1. The fraction of sp³-hybridized carbons (Fsp3) is 0.409. The first-order valence-electron chi connectivity index (χ1n) is 10.1. The first kappa shape index (κ1) is 21.5. The van der Waals surface area contributed by atoms with E-state index >= 15 is 0 Å². The highest BCUT2D eigenvalue weighted by Gasteiger charge is 2.33. The van der Waals surface area contributed by atoms with Gasteiger partial charge in [-0.2, -0.15) is 4.31 Å². The molecule has 2 aromatic rings. The Morgan fingerprint density at radius 1 is 1.14 bits per heavy atom. The molecule has 156 valence electrons. The largest absolute Gasteiger partial charge is 0.326 e. The molecule has 0 bridgehead atoms. The quantitative estimate of drug-likeness (QED) is 0.733. The van der Waals surface area contributed by atoms with E-state index in [9.17, 15) is 17.6 Å². The first-order chi connectivity index (χ1) is 13.9. The van der Waals surface area contributed by atoms with Gasteiger partial charge in [0.2, 0.25) is 15.9 Å². The molecule has 1 amide bonds. The fourth-order valence-electron chi connectivity index (χ4n) is 3.51. The predicted octanol–water partition coefficient (Wildman–Crippen LogP) is 4.21. The number of sulfonamides is 1. The van der Waals surface area contributed by atoms with E-state index in [1.807, 2.05) is 24.3 Å². The van der Waals surface area contributed by atoms with Crippen LogP contribution in [0.1, 0.15) is 38.2 Å². The van der Waals surface area contributed by atoms with Crippen molar-refractivity contribution in [1.29, 1.82) is 0 Å². The Morgan fingerprint density at radius 2 is 1.83 bits per heavy atom. The van der Waals surface area contributed by atoms with Gasteiger partial charge in [-0.1, -0.05) is 25.5 Å². The second kappa shape index (κ2) is 9.50. The Morgan fingerprint density at radius 3 is 2.48 bits per heavy atom. The lowest BCUT2D eigenvalue weighted by Crippen LogP contribution is -2.43. The number of hydrogen-bond donors (Lipinski definition) is 1. The maximum Gasteiger partial charge on any atom is 0.243 e. The van der Waals surface area contributed by atoms with E-state index in [1.165, 1.54) is 22.0 Å². The van der Waals surface area contributed by atoms with Crippen LogP contribution in [0.3, 0.4) is 0 Å². The molecule has 0 radical (unpaired) electrons. The lowest BCUT2D eigenvalue weighted by Gasteiger charge is -2.31. The average Bonchev–Trinajstić information content (AvgIpc) is 2.73. The third-order valence-electron chi connectivity index (χ3n) is 5.25. The van der Waals surface area contributed by atoms with Gasteiger partial charge in [0, 0.05) is 18.8 Å². The van der Waals surface area contributed by atoms with Crippen molar-refractivity contribution in [3.63, 3.8) is 0 Å². The maximum absolute atomic E-state index is 13.1. The number of benzene rings is 2. The van der Waals surface area contributed by atoms with E-state index in [2.05, 4.69) is 12.2 Å². The standard InChI is InChI=1S/C22H27FN2O3S/c1-2-3-5-17-7-11-20(12-8-17)24-22(26)18-6-4-15-25(16-18)29(27,28)21-13-9-19(23)10-14-21/h7-14,18H,2-6,15-16H2,1H3,(H,24,26)/t18-/m1/s1. The average molecular weight is 419 g/mol. The highest BCUT2D eigenvalue weighted by Crippen LogP contribution is 2.25. The summed E-state index contributed by atoms with van der Waals surface area (Å²) in [5.41, 5.74) is 1.95. The van der Waals surface area contributed by atoms with Crippen LogP contribution in [0.4, 0.5) is 10.1 Å². The van der Waals surface area contributed by atoms with Crippen molar-refractivity contribution in [2.45, 2.75) is 43.9 Å². The van der Waals surface area contributed by atoms with Crippen LogP contribution in [0.5, 0.6) is 0 Å². The summed E-state index contributed by atoms with van der Waals surface area (Å²) in [6, 6.07) is 12.6. The van der Waals surface area contributed by atoms with Gasteiger partial charge in [0.15, 0.2) is 0 Å². The molecule has 0 spiro atoms. The summed E-state index contributed by atoms with van der Waals surface area (Å²) in [6.45, 7) is 2.63. The number of nitrogens with one attached hydrogen (secondary N) is 1. The second-order valence-electron chi connectivity index (χ2n) is 7.45. The Bertz CT molecular complexity index is 928.